The molecule has 1 aliphatic heterocycles. The summed E-state index contributed by atoms with van der Waals surface area (Å²) in [6.45, 7) is 2.45. The second-order valence-corrected chi connectivity index (χ2v) is 8.73. The van der Waals surface area contributed by atoms with Crippen molar-refractivity contribution in [1.82, 2.24) is 14.8 Å². The molecule has 176 valence electrons. The van der Waals surface area contributed by atoms with Crippen molar-refractivity contribution in [3.63, 3.8) is 0 Å². The summed E-state index contributed by atoms with van der Waals surface area (Å²) in [5.74, 6) is 0.845. The first-order valence-electron chi connectivity index (χ1n) is 12.0. The first kappa shape index (κ1) is 22.8. The highest BCUT2D eigenvalue weighted by Crippen LogP contribution is 2.32. The fourth-order valence-corrected chi connectivity index (χ4v) is 4.77. The first-order valence-corrected chi connectivity index (χ1v) is 12.0. The molecule has 0 saturated carbocycles. The van der Waals surface area contributed by atoms with Crippen LogP contribution >= 0.6 is 0 Å². The van der Waals surface area contributed by atoms with Gasteiger partial charge in [-0.05, 0) is 35.4 Å². The van der Waals surface area contributed by atoms with Gasteiger partial charge in [0, 0.05) is 32.0 Å². The van der Waals surface area contributed by atoms with Crippen molar-refractivity contribution in [2.45, 2.75) is 12.1 Å². The van der Waals surface area contributed by atoms with Crippen molar-refractivity contribution >= 4 is 5.91 Å². The molecule has 0 radical (unpaired) electrons. The van der Waals surface area contributed by atoms with Gasteiger partial charge in [-0.2, -0.15) is 0 Å². The third kappa shape index (κ3) is 5.42. The van der Waals surface area contributed by atoms with Gasteiger partial charge in [0.2, 0.25) is 0 Å². The molecule has 4 aromatic rings. The highest BCUT2D eigenvalue weighted by Gasteiger charge is 2.36. The van der Waals surface area contributed by atoms with Crippen molar-refractivity contribution in [3.05, 3.63) is 132 Å². The van der Waals surface area contributed by atoms with Crippen LogP contribution in [0.25, 0.3) is 0 Å². The molecule has 5 heteroatoms. The first-order chi connectivity index (χ1) is 17.3. The Morgan fingerprint density at radius 2 is 1.46 bits per heavy atom. The maximum absolute atomic E-state index is 13.3. The second-order valence-electron chi connectivity index (χ2n) is 8.73. The smallest absolute Gasteiger partial charge is 0.255 e. The normalized spacial score (nSPS) is 16.3. The molecule has 5 rings (SSSR count). The summed E-state index contributed by atoms with van der Waals surface area (Å²) in [6, 6.07) is 34.7. The molecule has 1 saturated heterocycles. The zero-order chi connectivity index (χ0) is 23.9. The molecule has 3 aromatic carbocycles. The summed E-state index contributed by atoms with van der Waals surface area (Å²) < 4.78 is 6.24. The fourth-order valence-electron chi connectivity index (χ4n) is 4.77. The number of hydrogen-bond acceptors (Lipinski definition) is 4. The SMILES string of the molecule is O=C(c1cccnc1)N1CCN(C(c2ccccc2)c2ccccc2)C(COc2ccccc2)C1. The van der Waals surface area contributed by atoms with Gasteiger partial charge in [0.1, 0.15) is 12.4 Å². The highest BCUT2D eigenvalue weighted by molar-refractivity contribution is 5.94. The van der Waals surface area contributed by atoms with Crippen LogP contribution in [0.2, 0.25) is 0 Å². The molecule has 1 aliphatic rings. The number of para-hydroxylation sites is 1. The number of ether oxygens (including phenoxy) is 1. The van der Waals surface area contributed by atoms with E-state index in [0.717, 1.165) is 12.3 Å². The zero-order valence-electron chi connectivity index (χ0n) is 19.6. The summed E-state index contributed by atoms with van der Waals surface area (Å²) in [4.78, 5) is 21.8. The summed E-state index contributed by atoms with van der Waals surface area (Å²) in [7, 11) is 0. The molecule has 1 fully saturated rings. The molecule has 1 atom stereocenters. The molecule has 5 nitrogen and oxygen atoms in total. The van der Waals surface area contributed by atoms with Crippen LogP contribution in [0.1, 0.15) is 27.5 Å². The summed E-state index contributed by atoms with van der Waals surface area (Å²) in [6.07, 6.45) is 3.33. The van der Waals surface area contributed by atoms with Crippen LogP contribution in [0.3, 0.4) is 0 Å². The number of amides is 1. The Bertz CT molecular complexity index is 1160. The number of nitrogens with zero attached hydrogens (tertiary/aromatic N) is 3. The van der Waals surface area contributed by atoms with E-state index in [1.54, 1.807) is 18.5 Å². The number of carbonyl (C=O) groups excluding carboxylic acids is 1. The minimum absolute atomic E-state index is 0.00925. The quantitative estimate of drug-likeness (QED) is 0.384. The molecule has 1 unspecified atom stereocenters. The minimum atomic E-state index is 0.00925. The van der Waals surface area contributed by atoms with Gasteiger partial charge in [-0.15, -0.1) is 0 Å². The molecule has 1 aromatic heterocycles. The molecule has 0 spiro atoms. The van der Waals surface area contributed by atoms with Crippen LogP contribution in [0, 0.1) is 0 Å². The van der Waals surface area contributed by atoms with Crippen molar-refractivity contribution in [3.8, 4) is 5.75 Å². The van der Waals surface area contributed by atoms with E-state index in [0.29, 0.717) is 25.3 Å². The second kappa shape index (κ2) is 11.0. The largest absolute Gasteiger partial charge is 0.492 e. The van der Waals surface area contributed by atoms with E-state index in [1.165, 1.54) is 11.1 Å². The Balaban J connectivity index is 1.45. The topological polar surface area (TPSA) is 45.7 Å². The molecule has 1 amide bonds. The van der Waals surface area contributed by atoms with Crippen molar-refractivity contribution in [2.24, 2.45) is 0 Å². The van der Waals surface area contributed by atoms with Crippen LogP contribution in [0.5, 0.6) is 5.75 Å². The number of pyridine rings is 1. The molecule has 0 aliphatic carbocycles. The molecule has 35 heavy (non-hydrogen) atoms. The van der Waals surface area contributed by atoms with Gasteiger partial charge in [-0.1, -0.05) is 78.9 Å². The van der Waals surface area contributed by atoms with Crippen molar-refractivity contribution in [1.29, 1.82) is 0 Å². The lowest BCUT2D eigenvalue weighted by atomic mass is 9.94. The minimum Gasteiger partial charge on any atom is -0.492 e. The highest BCUT2D eigenvalue weighted by atomic mass is 16.5. The molecule has 2 heterocycles. The number of carbonyl (C=O) groups is 1. The summed E-state index contributed by atoms with van der Waals surface area (Å²) in [5, 5.41) is 0. The van der Waals surface area contributed by atoms with E-state index in [-0.39, 0.29) is 18.0 Å². The van der Waals surface area contributed by atoms with Gasteiger partial charge < -0.3 is 9.64 Å². The average Bonchev–Trinajstić information content (AvgIpc) is 2.94. The van der Waals surface area contributed by atoms with Gasteiger partial charge >= 0.3 is 0 Å². The third-order valence-corrected chi connectivity index (χ3v) is 6.47. The Labute approximate surface area is 206 Å². The fraction of sp³-hybridized carbons (Fsp3) is 0.200. The van der Waals surface area contributed by atoms with E-state index >= 15 is 0 Å². The Morgan fingerprint density at radius 1 is 0.829 bits per heavy atom. The van der Waals surface area contributed by atoms with Gasteiger partial charge in [0.25, 0.3) is 5.91 Å². The monoisotopic (exact) mass is 463 g/mol. The van der Waals surface area contributed by atoms with Gasteiger partial charge in [-0.3, -0.25) is 14.7 Å². The average molecular weight is 464 g/mol. The number of hydrogen-bond donors (Lipinski definition) is 0. The van der Waals surface area contributed by atoms with Gasteiger partial charge in [0.15, 0.2) is 0 Å². The lowest BCUT2D eigenvalue weighted by Gasteiger charge is -2.45. The predicted molar refractivity (Wildman–Crippen MR) is 137 cm³/mol. The van der Waals surface area contributed by atoms with E-state index in [2.05, 4.69) is 58.4 Å². The standard InChI is InChI=1S/C30H29N3O2/c34-30(26-15-10-18-31-21-26)32-19-20-33(27(22-32)23-35-28-16-8-3-9-17-28)29(24-11-4-1-5-12-24)25-13-6-2-7-14-25/h1-18,21,27,29H,19-20,22-23H2. The molecular weight excluding hydrogens is 434 g/mol. The van der Waals surface area contributed by atoms with Crippen LogP contribution in [-0.2, 0) is 0 Å². The number of aromatic nitrogens is 1. The van der Waals surface area contributed by atoms with E-state index in [1.807, 2.05) is 53.4 Å². The summed E-state index contributed by atoms with van der Waals surface area (Å²) >= 11 is 0. The van der Waals surface area contributed by atoms with Crippen LogP contribution in [-0.4, -0.2) is 53.0 Å². The Kier molecular flexibility index (Phi) is 7.16. The van der Waals surface area contributed by atoms with Crippen LogP contribution in [0.15, 0.2) is 116 Å². The Morgan fingerprint density at radius 3 is 2.06 bits per heavy atom. The molecule has 0 bridgehead atoms. The van der Waals surface area contributed by atoms with Gasteiger partial charge in [-0.25, -0.2) is 0 Å². The Hall–Kier alpha value is -3.96. The van der Waals surface area contributed by atoms with Crippen LogP contribution in [0.4, 0.5) is 0 Å². The van der Waals surface area contributed by atoms with Crippen molar-refractivity contribution in [2.75, 3.05) is 26.2 Å². The maximum Gasteiger partial charge on any atom is 0.255 e. The zero-order valence-corrected chi connectivity index (χ0v) is 19.6. The lowest BCUT2D eigenvalue weighted by molar-refractivity contribution is 0.0236. The van der Waals surface area contributed by atoms with E-state index in [4.69, 9.17) is 4.74 Å². The number of piperazine rings is 1. The van der Waals surface area contributed by atoms with Gasteiger partial charge in [0.05, 0.1) is 17.6 Å². The third-order valence-electron chi connectivity index (χ3n) is 6.47. The molecular formula is C30H29N3O2. The van der Waals surface area contributed by atoms with E-state index in [9.17, 15) is 4.79 Å². The predicted octanol–water partition coefficient (Wildman–Crippen LogP) is 5.08. The number of benzene rings is 3. The van der Waals surface area contributed by atoms with Crippen molar-refractivity contribution < 1.29 is 9.53 Å². The lowest BCUT2D eigenvalue weighted by Crippen LogP contribution is -2.57. The maximum atomic E-state index is 13.3. The summed E-state index contributed by atoms with van der Waals surface area (Å²) in [5.41, 5.74) is 3.08. The van der Waals surface area contributed by atoms with E-state index < -0.39 is 0 Å². The molecule has 0 N–H and O–H groups in total. The van der Waals surface area contributed by atoms with Crippen LogP contribution < -0.4 is 4.74 Å². The number of rotatable bonds is 7.